The van der Waals surface area contributed by atoms with Crippen molar-refractivity contribution < 1.29 is 0 Å². The van der Waals surface area contributed by atoms with E-state index in [0.29, 0.717) is 0 Å². The van der Waals surface area contributed by atoms with Gasteiger partial charge in [0.15, 0.2) is 0 Å². The van der Waals surface area contributed by atoms with Crippen molar-refractivity contribution in [3.05, 3.63) is 0 Å². The smallest absolute Gasteiger partial charge is 0.00176 e. The topological polar surface area (TPSA) is 12.0 Å². The Bertz CT molecular complexity index is 208. The van der Waals surface area contributed by atoms with E-state index >= 15 is 0 Å². The van der Waals surface area contributed by atoms with Crippen molar-refractivity contribution in [3.8, 4) is 0 Å². The lowest BCUT2D eigenvalue weighted by Gasteiger charge is -2.39. The maximum absolute atomic E-state index is 3.70. The van der Waals surface area contributed by atoms with E-state index in [9.17, 15) is 0 Å². The first-order valence-corrected chi connectivity index (χ1v) is 8.29. The standard InChI is InChI=1S/C17H35N/c1-6-15(7-2)17-10-14(5)8-9-16(17)12-18-11-13(3)4/h13-18H,6-12H2,1-5H3. The molecule has 3 atom stereocenters. The average molecular weight is 253 g/mol. The summed E-state index contributed by atoms with van der Waals surface area (Å²) in [5.74, 6) is 4.60. The molecule has 3 unspecified atom stereocenters. The first kappa shape index (κ1) is 16.0. The highest BCUT2D eigenvalue weighted by atomic mass is 14.9. The molecule has 1 saturated carbocycles. The average Bonchev–Trinajstić information content (AvgIpc) is 2.33. The van der Waals surface area contributed by atoms with Crippen molar-refractivity contribution >= 4 is 0 Å². The molecule has 0 radical (unpaired) electrons. The van der Waals surface area contributed by atoms with E-state index < -0.39 is 0 Å². The van der Waals surface area contributed by atoms with Crippen LogP contribution < -0.4 is 5.32 Å². The van der Waals surface area contributed by atoms with Crippen molar-refractivity contribution in [3.63, 3.8) is 0 Å². The van der Waals surface area contributed by atoms with Gasteiger partial charge in [-0.25, -0.2) is 0 Å². The van der Waals surface area contributed by atoms with E-state index in [4.69, 9.17) is 0 Å². The minimum absolute atomic E-state index is 0.777. The molecule has 108 valence electrons. The Kier molecular flexibility index (Phi) is 7.29. The van der Waals surface area contributed by atoms with Crippen LogP contribution in [0, 0.1) is 29.6 Å². The Balaban J connectivity index is 2.50. The molecule has 0 aliphatic heterocycles. The molecule has 0 spiro atoms. The molecule has 18 heavy (non-hydrogen) atoms. The summed E-state index contributed by atoms with van der Waals surface area (Å²) >= 11 is 0. The van der Waals surface area contributed by atoms with E-state index in [1.807, 2.05) is 0 Å². The zero-order chi connectivity index (χ0) is 13.5. The monoisotopic (exact) mass is 253 g/mol. The second-order valence-electron chi connectivity index (χ2n) is 6.97. The molecule has 0 heterocycles. The fourth-order valence-electron chi connectivity index (χ4n) is 3.77. The first-order valence-electron chi connectivity index (χ1n) is 8.29. The molecule has 1 N–H and O–H groups in total. The van der Waals surface area contributed by atoms with Crippen LogP contribution in [-0.4, -0.2) is 13.1 Å². The fourth-order valence-corrected chi connectivity index (χ4v) is 3.77. The van der Waals surface area contributed by atoms with Gasteiger partial charge < -0.3 is 5.32 Å². The lowest BCUT2D eigenvalue weighted by Crippen LogP contribution is -2.37. The van der Waals surface area contributed by atoms with Crippen LogP contribution >= 0.6 is 0 Å². The summed E-state index contributed by atoms with van der Waals surface area (Å²) in [6.07, 6.45) is 7.11. The highest BCUT2D eigenvalue weighted by molar-refractivity contribution is 4.84. The normalized spacial score (nSPS) is 29.2. The van der Waals surface area contributed by atoms with Crippen molar-refractivity contribution in [2.24, 2.45) is 29.6 Å². The molecule has 0 saturated heterocycles. The molecule has 0 aromatic heterocycles. The summed E-state index contributed by atoms with van der Waals surface area (Å²) in [4.78, 5) is 0. The summed E-state index contributed by atoms with van der Waals surface area (Å²) in [6.45, 7) is 14.3. The van der Waals surface area contributed by atoms with Crippen LogP contribution in [0.15, 0.2) is 0 Å². The molecule has 1 rings (SSSR count). The Morgan fingerprint density at radius 3 is 2.33 bits per heavy atom. The van der Waals surface area contributed by atoms with Crippen LogP contribution in [0.5, 0.6) is 0 Å². The number of rotatable bonds is 7. The third kappa shape index (κ3) is 4.91. The van der Waals surface area contributed by atoms with Crippen LogP contribution in [-0.2, 0) is 0 Å². The van der Waals surface area contributed by atoms with Gasteiger partial charge >= 0.3 is 0 Å². The highest BCUT2D eigenvalue weighted by Gasteiger charge is 2.32. The molecule has 0 aromatic rings. The van der Waals surface area contributed by atoms with Crippen molar-refractivity contribution in [1.82, 2.24) is 5.32 Å². The van der Waals surface area contributed by atoms with E-state index in [0.717, 1.165) is 29.6 Å². The second-order valence-corrected chi connectivity index (χ2v) is 6.97. The molecule has 1 heteroatoms. The van der Waals surface area contributed by atoms with Crippen LogP contribution in [0.25, 0.3) is 0 Å². The zero-order valence-electron chi connectivity index (χ0n) is 13.3. The van der Waals surface area contributed by atoms with Crippen molar-refractivity contribution in [2.45, 2.75) is 66.7 Å². The molecule has 0 amide bonds. The third-order valence-corrected chi connectivity index (χ3v) is 4.92. The summed E-state index contributed by atoms with van der Waals surface area (Å²) < 4.78 is 0. The quantitative estimate of drug-likeness (QED) is 0.692. The molecule has 1 nitrogen and oxygen atoms in total. The number of hydrogen-bond donors (Lipinski definition) is 1. The Hall–Kier alpha value is -0.0400. The summed E-state index contributed by atoms with van der Waals surface area (Å²) in [7, 11) is 0. The fraction of sp³-hybridized carbons (Fsp3) is 1.00. The SMILES string of the molecule is CCC(CC)C1CC(C)CCC1CNCC(C)C. The van der Waals surface area contributed by atoms with Gasteiger partial charge in [0, 0.05) is 0 Å². The molecular formula is C17H35N. The Morgan fingerprint density at radius 1 is 1.11 bits per heavy atom. The molecular weight excluding hydrogens is 218 g/mol. The van der Waals surface area contributed by atoms with Gasteiger partial charge in [-0.05, 0) is 55.5 Å². The number of hydrogen-bond acceptors (Lipinski definition) is 1. The minimum Gasteiger partial charge on any atom is -0.316 e. The van der Waals surface area contributed by atoms with Gasteiger partial charge in [0.2, 0.25) is 0 Å². The van der Waals surface area contributed by atoms with Crippen LogP contribution in [0.1, 0.15) is 66.7 Å². The van der Waals surface area contributed by atoms with E-state index in [1.54, 1.807) is 0 Å². The number of nitrogens with one attached hydrogen (secondary N) is 1. The van der Waals surface area contributed by atoms with Crippen LogP contribution in [0.4, 0.5) is 0 Å². The molecule has 0 aromatic carbocycles. The zero-order valence-corrected chi connectivity index (χ0v) is 13.3. The maximum atomic E-state index is 3.70. The largest absolute Gasteiger partial charge is 0.316 e. The van der Waals surface area contributed by atoms with Crippen molar-refractivity contribution in [2.75, 3.05) is 13.1 Å². The lowest BCUT2D eigenvalue weighted by molar-refractivity contribution is 0.118. The van der Waals surface area contributed by atoms with Gasteiger partial charge in [-0.2, -0.15) is 0 Å². The van der Waals surface area contributed by atoms with Gasteiger partial charge in [0.05, 0.1) is 0 Å². The van der Waals surface area contributed by atoms with Crippen LogP contribution in [0.3, 0.4) is 0 Å². The Labute approximate surface area is 115 Å². The molecule has 1 aliphatic rings. The minimum atomic E-state index is 0.777. The van der Waals surface area contributed by atoms with Crippen LogP contribution in [0.2, 0.25) is 0 Å². The van der Waals surface area contributed by atoms with Gasteiger partial charge in [0.1, 0.15) is 0 Å². The van der Waals surface area contributed by atoms with E-state index in [1.165, 1.54) is 45.2 Å². The molecule has 1 fully saturated rings. The van der Waals surface area contributed by atoms with E-state index in [2.05, 4.69) is 39.9 Å². The summed E-state index contributed by atoms with van der Waals surface area (Å²) in [6, 6.07) is 0. The molecule has 0 bridgehead atoms. The van der Waals surface area contributed by atoms with Gasteiger partial charge in [-0.1, -0.05) is 53.9 Å². The predicted octanol–water partition coefficient (Wildman–Crippen LogP) is 4.72. The van der Waals surface area contributed by atoms with Gasteiger partial charge in [0.25, 0.3) is 0 Å². The molecule has 1 aliphatic carbocycles. The highest BCUT2D eigenvalue weighted by Crippen LogP contribution is 2.40. The second kappa shape index (κ2) is 8.19. The van der Waals surface area contributed by atoms with Gasteiger partial charge in [-0.3, -0.25) is 0 Å². The van der Waals surface area contributed by atoms with E-state index in [-0.39, 0.29) is 0 Å². The predicted molar refractivity (Wildman–Crippen MR) is 81.8 cm³/mol. The third-order valence-electron chi connectivity index (χ3n) is 4.92. The summed E-state index contributed by atoms with van der Waals surface area (Å²) in [5, 5.41) is 3.70. The van der Waals surface area contributed by atoms with Gasteiger partial charge in [-0.15, -0.1) is 0 Å². The lowest BCUT2D eigenvalue weighted by atomic mass is 9.67. The Morgan fingerprint density at radius 2 is 1.78 bits per heavy atom. The first-order chi connectivity index (χ1) is 8.58. The van der Waals surface area contributed by atoms with Crippen molar-refractivity contribution in [1.29, 1.82) is 0 Å². The summed E-state index contributed by atoms with van der Waals surface area (Å²) in [5.41, 5.74) is 0. The maximum Gasteiger partial charge on any atom is -0.00176 e.